The number of hydrogen-bond donors (Lipinski definition) is 2. The van der Waals surface area contributed by atoms with Crippen molar-refractivity contribution in [3.8, 4) is 22.5 Å². The number of ether oxygens (including phenoxy) is 1. The van der Waals surface area contributed by atoms with E-state index in [1.54, 1.807) is 37.6 Å². The molecule has 3 N–H and O–H groups in total. The Morgan fingerprint density at radius 2 is 1.86 bits per heavy atom. The lowest BCUT2D eigenvalue weighted by atomic mass is 10.0. The van der Waals surface area contributed by atoms with Gasteiger partial charge in [-0.2, -0.15) is 0 Å². The molecule has 2 aromatic heterocycles. The summed E-state index contributed by atoms with van der Waals surface area (Å²) in [6, 6.07) is 11.0. The summed E-state index contributed by atoms with van der Waals surface area (Å²) in [4.78, 5) is 31.1. The number of rotatable bonds is 6. The van der Waals surface area contributed by atoms with Crippen molar-refractivity contribution in [2.24, 2.45) is 10.7 Å². The summed E-state index contributed by atoms with van der Waals surface area (Å²) in [6.45, 7) is 3.13. The summed E-state index contributed by atoms with van der Waals surface area (Å²) in [5, 5.41) is 2.37. The number of likely N-dealkylation sites (tertiary alicyclic amines) is 1. The van der Waals surface area contributed by atoms with Crippen molar-refractivity contribution in [1.29, 1.82) is 0 Å². The van der Waals surface area contributed by atoms with Crippen molar-refractivity contribution in [3.63, 3.8) is 0 Å². The zero-order valence-electron chi connectivity index (χ0n) is 19.8. The van der Waals surface area contributed by atoms with Crippen molar-refractivity contribution in [1.82, 2.24) is 25.2 Å². The van der Waals surface area contributed by atoms with Crippen molar-refractivity contribution >= 4 is 17.7 Å². The molecule has 3 heterocycles. The summed E-state index contributed by atoms with van der Waals surface area (Å²) in [7, 11) is 0. The molecule has 1 fully saturated rings. The molecule has 11 heteroatoms. The number of carbonyl (C=O) groups excluding carboxylic acids is 1. The van der Waals surface area contributed by atoms with Crippen molar-refractivity contribution in [2.45, 2.75) is 32.2 Å². The van der Waals surface area contributed by atoms with Gasteiger partial charge in [0.15, 0.2) is 5.82 Å². The molecule has 1 aliphatic heterocycles. The number of halogens is 2. The number of nitrogens with zero attached hydrogens (tertiary/aromatic N) is 5. The third-order valence-electron chi connectivity index (χ3n) is 5.68. The number of alkyl carbamates (subject to hydrolysis) is 1. The number of nitrogens with two attached hydrogens (primary N) is 1. The first-order valence-corrected chi connectivity index (χ1v) is 11.6. The van der Waals surface area contributed by atoms with E-state index in [0.717, 1.165) is 16.8 Å². The van der Waals surface area contributed by atoms with Crippen LogP contribution in [0.4, 0.5) is 19.3 Å². The normalized spacial score (nSPS) is 15.9. The number of nitrogens with one attached hydrogen (secondary N) is 1. The first-order chi connectivity index (χ1) is 17.3. The number of alkyl halides is 2. The molecular formula is C25H27F2N7O2. The maximum atomic E-state index is 13.4. The molecular weight excluding hydrogens is 468 g/mol. The summed E-state index contributed by atoms with van der Waals surface area (Å²) in [6.07, 6.45) is 4.05. The molecule has 4 rings (SSSR count). The van der Waals surface area contributed by atoms with Crippen LogP contribution in [0.3, 0.4) is 0 Å². The average molecular weight is 496 g/mol. The Hall–Kier alpha value is -3.99. The quantitative estimate of drug-likeness (QED) is 0.390. The second-order valence-corrected chi connectivity index (χ2v) is 8.32. The van der Waals surface area contributed by atoms with E-state index in [2.05, 4.69) is 25.3 Å². The molecule has 9 nitrogen and oxygen atoms in total. The molecule has 188 valence electrons. The largest absolute Gasteiger partial charge is 0.450 e. The summed E-state index contributed by atoms with van der Waals surface area (Å²) < 4.78 is 31.6. The predicted molar refractivity (Wildman–Crippen MR) is 132 cm³/mol. The average Bonchev–Trinajstić information content (AvgIpc) is 2.87. The first-order valence-electron chi connectivity index (χ1n) is 11.6. The number of guanidine groups is 1. The molecule has 1 amide bonds. The minimum Gasteiger partial charge on any atom is -0.450 e. The number of hydrogen-bond acceptors (Lipinski definition) is 7. The molecule has 36 heavy (non-hydrogen) atoms. The van der Waals surface area contributed by atoms with Crippen LogP contribution in [0, 0.1) is 0 Å². The van der Waals surface area contributed by atoms with E-state index >= 15 is 0 Å². The minimum absolute atomic E-state index is 0.121. The Balaban J connectivity index is 1.56. The fourth-order valence-electron chi connectivity index (χ4n) is 3.82. The van der Waals surface area contributed by atoms with E-state index in [1.807, 2.05) is 29.2 Å². The van der Waals surface area contributed by atoms with Crippen LogP contribution in [-0.2, 0) is 11.3 Å². The SMILES string of the molecule is CCOC(=O)NC(N)=Nc1ccc(-c2ccc(CN3CCC(F)(F)CC3)nc2)cc1-c1ncccn1. The highest BCUT2D eigenvalue weighted by Gasteiger charge is 2.33. The van der Waals surface area contributed by atoms with Gasteiger partial charge in [0.05, 0.1) is 18.0 Å². The van der Waals surface area contributed by atoms with E-state index < -0.39 is 12.0 Å². The molecule has 0 unspecified atom stereocenters. The van der Waals surface area contributed by atoms with E-state index in [1.165, 1.54) is 0 Å². The highest BCUT2D eigenvalue weighted by molar-refractivity contribution is 5.95. The topological polar surface area (TPSA) is 119 Å². The molecule has 3 aromatic rings. The third-order valence-corrected chi connectivity index (χ3v) is 5.68. The van der Waals surface area contributed by atoms with Gasteiger partial charge in [-0.15, -0.1) is 0 Å². The van der Waals surface area contributed by atoms with Crippen LogP contribution < -0.4 is 11.1 Å². The number of carbonyl (C=O) groups is 1. The Bertz CT molecular complexity index is 1210. The van der Waals surface area contributed by atoms with Crippen LogP contribution in [-0.4, -0.2) is 57.5 Å². The molecule has 0 spiro atoms. The Morgan fingerprint density at radius 3 is 2.53 bits per heavy atom. The van der Waals surface area contributed by atoms with Gasteiger partial charge >= 0.3 is 6.09 Å². The van der Waals surface area contributed by atoms with Crippen molar-refractivity contribution in [3.05, 3.63) is 60.7 Å². The maximum Gasteiger partial charge on any atom is 0.413 e. The lowest BCUT2D eigenvalue weighted by Gasteiger charge is -2.31. The number of amides is 1. The van der Waals surface area contributed by atoms with Gasteiger partial charge in [0.25, 0.3) is 5.92 Å². The summed E-state index contributed by atoms with van der Waals surface area (Å²) in [5.41, 5.74) is 9.48. The first kappa shape index (κ1) is 25.1. The Labute approximate surface area is 207 Å². The zero-order valence-corrected chi connectivity index (χ0v) is 19.8. The van der Waals surface area contributed by atoms with Crippen molar-refractivity contribution in [2.75, 3.05) is 19.7 Å². The van der Waals surface area contributed by atoms with E-state index in [0.29, 0.717) is 36.7 Å². The van der Waals surface area contributed by atoms with E-state index in [4.69, 9.17) is 10.5 Å². The summed E-state index contributed by atoms with van der Waals surface area (Å²) in [5.74, 6) is -2.25. The van der Waals surface area contributed by atoms with E-state index in [9.17, 15) is 13.6 Å². The van der Waals surface area contributed by atoms with Crippen LogP contribution in [0.5, 0.6) is 0 Å². The van der Waals surface area contributed by atoms with Crippen LogP contribution in [0.25, 0.3) is 22.5 Å². The van der Waals surface area contributed by atoms with Gasteiger partial charge in [0, 0.05) is 62.2 Å². The highest BCUT2D eigenvalue weighted by Crippen LogP contribution is 2.33. The molecule has 0 bridgehead atoms. The lowest BCUT2D eigenvalue weighted by Crippen LogP contribution is -2.38. The standard InChI is InChI=1S/C25H27F2N7O2/c1-2-36-24(35)33-23(28)32-21-7-5-17(14-20(21)22-29-10-3-11-30-22)18-4-6-19(31-15-18)16-34-12-8-25(26,27)9-13-34/h3-7,10-11,14-15H,2,8-9,12-13,16H2,1H3,(H3,28,32,33,35). The fourth-order valence-corrected chi connectivity index (χ4v) is 3.82. The number of piperidine rings is 1. The smallest absolute Gasteiger partial charge is 0.413 e. The van der Waals surface area contributed by atoms with Crippen LogP contribution in [0.2, 0.25) is 0 Å². The van der Waals surface area contributed by atoms with Crippen molar-refractivity contribution < 1.29 is 18.3 Å². The molecule has 0 atom stereocenters. The Morgan fingerprint density at radius 1 is 1.14 bits per heavy atom. The second-order valence-electron chi connectivity index (χ2n) is 8.32. The van der Waals surface area contributed by atoms with Crippen LogP contribution in [0.15, 0.2) is 60.0 Å². The van der Waals surface area contributed by atoms with Gasteiger partial charge < -0.3 is 10.5 Å². The highest BCUT2D eigenvalue weighted by atomic mass is 19.3. The third kappa shape index (κ3) is 6.57. The molecule has 0 radical (unpaired) electrons. The number of pyridine rings is 1. The van der Waals surface area contributed by atoms with Gasteiger partial charge in [0.2, 0.25) is 5.96 Å². The van der Waals surface area contributed by atoms with E-state index in [-0.39, 0.29) is 25.4 Å². The molecule has 1 aliphatic rings. The molecule has 1 saturated heterocycles. The minimum atomic E-state index is -2.57. The second kappa shape index (κ2) is 11.2. The number of aliphatic imine (C=N–C) groups is 1. The Kier molecular flexibility index (Phi) is 7.79. The van der Waals surface area contributed by atoms with Crippen LogP contribution >= 0.6 is 0 Å². The summed E-state index contributed by atoms with van der Waals surface area (Å²) >= 11 is 0. The number of benzene rings is 1. The predicted octanol–water partition coefficient (Wildman–Crippen LogP) is 4.13. The number of aromatic nitrogens is 3. The van der Waals surface area contributed by atoms with Gasteiger partial charge in [0.1, 0.15) is 0 Å². The fraction of sp³-hybridized carbons (Fsp3) is 0.320. The zero-order chi connectivity index (χ0) is 25.5. The van der Waals surface area contributed by atoms with Crippen LogP contribution in [0.1, 0.15) is 25.5 Å². The lowest BCUT2D eigenvalue weighted by molar-refractivity contribution is -0.0568. The van der Waals surface area contributed by atoms with Gasteiger partial charge in [-0.1, -0.05) is 12.1 Å². The molecule has 0 saturated carbocycles. The maximum absolute atomic E-state index is 13.4. The molecule has 1 aromatic carbocycles. The molecule has 0 aliphatic carbocycles. The van der Waals surface area contributed by atoms with Gasteiger partial charge in [-0.05, 0) is 36.8 Å². The van der Waals surface area contributed by atoms with Gasteiger partial charge in [-0.25, -0.2) is 28.5 Å². The van der Waals surface area contributed by atoms with Gasteiger partial charge in [-0.3, -0.25) is 15.2 Å². The monoisotopic (exact) mass is 495 g/mol.